The third-order valence-corrected chi connectivity index (χ3v) is 3.54. The summed E-state index contributed by atoms with van der Waals surface area (Å²) >= 11 is 1.06. The normalized spacial score (nSPS) is 13.2. The second-order valence-electron chi connectivity index (χ2n) is 4.66. The molecule has 1 unspecified atom stereocenters. The Morgan fingerprint density at radius 2 is 1.31 bits per heavy atom. The van der Waals surface area contributed by atoms with Gasteiger partial charge in [-0.05, 0) is 0 Å². The summed E-state index contributed by atoms with van der Waals surface area (Å²) in [7, 11) is 0. The first-order valence-electron chi connectivity index (χ1n) is 6.27. The van der Waals surface area contributed by atoms with E-state index in [2.05, 4.69) is 13.8 Å². The zero-order chi connectivity index (χ0) is 9.94. The second-order valence-corrected chi connectivity index (χ2v) is 7.74. The van der Waals surface area contributed by atoms with Gasteiger partial charge in [-0.2, -0.15) is 0 Å². The Morgan fingerprint density at radius 3 is 1.77 bits per heavy atom. The van der Waals surface area contributed by atoms with E-state index >= 15 is 0 Å². The summed E-state index contributed by atoms with van der Waals surface area (Å²) in [5.74, 6) is 0. The zero-order valence-corrected chi connectivity index (χ0v) is 13.1. The molecule has 0 nitrogen and oxygen atoms in total. The third kappa shape index (κ3) is 13.6. The Kier molecular flexibility index (Phi) is 13.2. The van der Waals surface area contributed by atoms with Crippen LogP contribution in [0.4, 0.5) is 0 Å². The van der Waals surface area contributed by atoms with E-state index in [0.29, 0.717) is 0 Å². The molecule has 0 aromatic carbocycles. The number of rotatable bonds is 9. The van der Waals surface area contributed by atoms with Crippen LogP contribution in [0, 0.1) is 0 Å². The average Bonchev–Trinajstić information content (AvgIpc) is 2.09. The van der Waals surface area contributed by atoms with Crippen molar-refractivity contribution in [3.8, 4) is 0 Å². The molecule has 1 atom stereocenters. The molecule has 0 spiro atoms. The predicted molar refractivity (Wildman–Crippen MR) is 62.4 cm³/mol. The van der Waals surface area contributed by atoms with Gasteiger partial charge < -0.3 is 0 Å². The summed E-state index contributed by atoms with van der Waals surface area (Å²) < 4.78 is 1.09. The quantitative estimate of drug-likeness (QED) is 0.387. The van der Waals surface area contributed by atoms with Gasteiger partial charge in [-0.15, -0.1) is 0 Å². The molecule has 13 heavy (non-hydrogen) atoms. The fraction of sp³-hybridized carbons (Fsp3) is 1.00. The fourth-order valence-corrected chi connectivity index (χ4v) is 2.32. The van der Waals surface area contributed by atoms with Crippen molar-refractivity contribution >= 4 is 49.0 Å². The van der Waals surface area contributed by atoms with Crippen molar-refractivity contribution in [1.82, 2.24) is 0 Å². The Morgan fingerprint density at radius 1 is 0.846 bits per heavy atom. The molecule has 1 heteroatoms. The van der Waals surface area contributed by atoms with Crippen LogP contribution in [0.1, 0.15) is 71.6 Å². The summed E-state index contributed by atoms with van der Waals surface area (Å²) in [6.07, 6.45) is 13.2. The Balaban J connectivity index is 2.84. The Hall–Kier alpha value is 1.64. The van der Waals surface area contributed by atoms with Gasteiger partial charge in [-0.3, -0.25) is 0 Å². The van der Waals surface area contributed by atoms with Crippen LogP contribution in [0.5, 0.6) is 0 Å². The van der Waals surface area contributed by atoms with E-state index in [1.165, 1.54) is 57.8 Å². The summed E-state index contributed by atoms with van der Waals surface area (Å²) in [6, 6.07) is 0. The van der Waals surface area contributed by atoms with Gasteiger partial charge in [0.15, 0.2) is 0 Å². The monoisotopic (exact) mass is 208 g/mol. The van der Waals surface area contributed by atoms with Crippen LogP contribution in [-0.2, 0) is 0 Å². The van der Waals surface area contributed by atoms with Gasteiger partial charge in [0.1, 0.15) is 0 Å². The van der Waals surface area contributed by atoms with Crippen molar-refractivity contribution < 1.29 is 0 Å². The van der Waals surface area contributed by atoms with E-state index in [-0.39, 0.29) is 0 Å². The molecule has 0 amide bonds. The molecule has 0 fully saturated rings. The predicted octanol–water partition coefficient (Wildman–Crippen LogP) is 4.49. The summed E-state index contributed by atoms with van der Waals surface area (Å²) in [4.78, 5) is 0. The van der Waals surface area contributed by atoms with Crippen LogP contribution < -0.4 is 0 Å². The Bertz CT molecular complexity index is 89.1. The van der Waals surface area contributed by atoms with Crippen LogP contribution in [-0.4, -0.2) is 49.0 Å². The molecule has 0 radical (unpaired) electrons. The molecule has 0 heterocycles. The van der Waals surface area contributed by atoms with Gasteiger partial charge in [0.2, 0.25) is 0 Å². The van der Waals surface area contributed by atoms with Gasteiger partial charge >= 0.3 is 121 Å². The van der Waals surface area contributed by atoms with Gasteiger partial charge in [0, 0.05) is 0 Å². The van der Waals surface area contributed by atoms with Crippen molar-refractivity contribution in [2.45, 2.75) is 71.6 Å². The first-order chi connectivity index (χ1) is 6.27. The molecule has 0 saturated heterocycles. The molecular formula is C12H25K. The fourth-order valence-electron chi connectivity index (χ4n) is 1.69. The number of unbranched alkanes of at least 4 members (excludes halogenated alkanes) is 7. The van der Waals surface area contributed by atoms with E-state index in [1.807, 2.05) is 0 Å². The zero-order valence-electron chi connectivity index (χ0n) is 9.94. The molecule has 0 rings (SSSR count). The first-order valence-corrected chi connectivity index (χ1v) is 8.07. The Labute approximate surface area is 119 Å². The van der Waals surface area contributed by atoms with E-state index in [0.717, 1.165) is 49.0 Å². The van der Waals surface area contributed by atoms with Gasteiger partial charge in [0.25, 0.3) is 0 Å². The molecule has 0 aromatic rings. The topological polar surface area (TPSA) is 0 Å². The minimum absolute atomic E-state index is 1.06. The third-order valence-electron chi connectivity index (χ3n) is 2.64. The number of hydrogen-bond acceptors (Lipinski definition) is 0. The second kappa shape index (κ2) is 11.7. The van der Waals surface area contributed by atoms with Gasteiger partial charge in [-0.1, -0.05) is 0 Å². The van der Waals surface area contributed by atoms with E-state index in [9.17, 15) is 0 Å². The van der Waals surface area contributed by atoms with E-state index < -0.39 is 0 Å². The summed E-state index contributed by atoms with van der Waals surface area (Å²) in [6.45, 7) is 4.69. The van der Waals surface area contributed by atoms with Crippen molar-refractivity contribution in [2.24, 2.45) is 0 Å². The molecule has 0 aromatic heterocycles. The summed E-state index contributed by atoms with van der Waals surface area (Å²) in [5, 5.41) is 0. The SMILES string of the molecule is CCCCCCCCCC[CH](C)[K]. The maximum absolute atomic E-state index is 2.40. The minimum atomic E-state index is 1.06. The van der Waals surface area contributed by atoms with Crippen LogP contribution in [0.3, 0.4) is 0 Å². The molecule has 0 aliphatic carbocycles. The first kappa shape index (κ1) is 14.6. The van der Waals surface area contributed by atoms with Crippen LogP contribution >= 0.6 is 0 Å². The van der Waals surface area contributed by atoms with Crippen molar-refractivity contribution in [3.63, 3.8) is 0 Å². The van der Waals surface area contributed by atoms with E-state index in [4.69, 9.17) is 0 Å². The van der Waals surface area contributed by atoms with Crippen molar-refractivity contribution in [3.05, 3.63) is 0 Å². The van der Waals surface area contributed by atoms with Crippen molar-refractivity contribution in [2.75, 3.05) is 0 Å². The standard InChI is InChI=1S/C12H25.K/c1-3-5-7-9-11-12-10-8-6-4-2;/h3H,4-12H2,1-2H3;. The molecule has 0 bridgehead atoms. The van der Waals surface area contributed by atoms with Crippen molar-refractivity contribution in [1.29, 1.82) is 0 Å². The van der Waals surface area contributed by atoms with Crippen LogP contribution in [0.15, 0.2) is 0 Å². The average molecular weight is 208 g/mol. The van der Waals surface area contributed by atoms with Gasteiger partial charge in [0.05, 0.1) is 0 Å². The molecular weight excluding hydrogens is 183 g/mol. The number of hydrogen-bond donors (Lipinski definition) is 0. The van der Waals surface area contributed by atoms with Crippen LogP contribution in [0.25, 0.3) is 0 Å². The molecule has 0 aliphatic rings. The summed E-state index contributed by atoms with van der Waals surface area (Å²) in [5.41, 5.74) is 0. The molecule has 0 aliphatic heterocycles. The molecule has 74 valence electrons. The molecule has 0 saturated carbocycles. The maximum atomic E-state index is 2.40. The molecule has 0 N–H and O–H groups in total. The van der Waals surface area contributed by atoms with Crippen LogP contribution in [0.2, 0.25) is 0.0125 Å². The van der Waals surface area contributed by atoms with Gasteiger partial charge in [-0.25, -0.2) is 0 Å². The van der Waals surface area contributed by atoms with E-state index in [1.54, 1.807) is 0 Å².